The van der Waals surface area contributed by atoms with E-state index in [1.54, 1.807) is 11.3 Å². The molecule has 0 aliphatic heterocycles. The summed E-state index contributed by atoms with van der Waals surface area (Å²) in [7, 11) is 0. The first-order valence-electron chi connectivity index (χ1n) is 5.42. The molecule has 2 rings (SSSR count). The van der Waals surface area contributed by atoms with E-state index in [0.717, 1.165) is 31.4 Å². The molecule has 1 aliphatic carbocycles. The molecular formula is C11H17N3S. The van der Waals surface area contributed by atoms with Crippen LogP contribution < -0.4 is 5.73 Å². The van der Waals surface area contributed by atoms with Crippen LogP contribution in [0.1, 0.15) is 42.3 Å². The first-order chi connectivity index (χ1) is 7.16. The number of amidine groups is 1. The highest BCUT2D eigenvalue weighted by Gasteiger charge is 2.25. The highest BCUT2D eigenvalue weighted by molar-refractivity contribution is 7.09. The Balaban J connectivity index is 1.96. The summed E-state index contributed by atoms with van der Waals surface area (Å²) < 4.78 is 0. The second kappa shape index (κ2) is 4.31. The van der Waals surface area contributed by atoms with Crippen molar-refractivity contribution in [2.24, 2.45) is 11.7 Å². The number of nitrogens with zero attached hydrogens (tertiary/aromatic N) is 1. The van der Waals surface area contributed by atoms with Gasteiger partial charge in [-0.3, -0.25) is 5.41 Å². The molecule has 1 fully saturated rings. The van der Waals surface area contributed by atoms with E-state index >= 15 is 0 Å². The third kappa shape index (κ3) is 2.37. The molecule has 1 aliphatic rings. The van der Waals surface area contributed by atoms with E-state index in [9.17, 15) is 0 Å². The lowest BCUT2D eigenvalue weighted by Gasteiger charge is -2.26. The zero-order chi connectivity index (χ0) is 10.8. The Hall–Kier alpha value is -0.900. The van der Waals surface area contributed by atoms with Gasteiger partial charge in [0.05, 0.1) is 10.8 Å². The lowest BCUT2D eigenvalue weighted by atomic mass is 9.82. The van der Waals surface area contributed by atoms with E-state index in [4.69, 9.17) is 11.1 Å². The topological polar surface area (TPSA) is 62.8 Å². The predicted molar refractivity (Wildman–Crippen MR) is 63.5 cm³/mol. The Morgan fingerprint density at radius 2 is 2.13 bits per heavy atom. The molecule has 0 saturated heterocycles. The van der Waals surface area contributed by atoms with Gasteiger partial charge in [-0.25, -0.2) is 4.98 Å². The Morgan fingerprint density at radius 1 is 1.47 bits per heavy atom. The smallest absolute Gasteiger partial charge is 0.0959 e. The molecule has 1 heterocycles. The summed E-state index contributed by atoms with van der Waals surface area (Å²) in [6.07, 6.45) is 4.38. The van der Waals surface area contributed by atoms with Crippen molar-refractivity contribution in [1.29, 1.82) is 5.41 Å². The molecule has 0 spiro atoms. The lowest BCUT2D eigenvalue weighted by Crippen LogP contribution is -2.26. The second-order valence-electron chi connectivity index (χ2n) is 4.33. The minimum Gasteiger partial charge on any atom is -0.387 e. The van der Waals surface area contributed by atoms with Crippen LogP contribution in [0.5, 0.6) is 0 Å². The molecule has 4 heteroatoms. The Labute approximate surface area is 94.2 Å². The molecule has 3 nitrogen and oxygen atoms in total. The normalized spacial score (nSPS) is 26.5. The zero-order valence-electron chi connectivity index (χ0n) is 8.99. The van der Waals surface area contributed by atoms with Crippen LogP contribution in [-0.4, -0.2) is 10.8 Å². The van der Waals surface area contributed by atoms with Crippen LogP contribution in [0, 0.1) is 18.3 Å². The Bertz CT molecular complexity index is 350. The van der Waals surface area contributed by atoms with Gasteiger partial charge in [0.25, 0.3) is 0 Å². The zero-order valence-corrected chi connectivity index (χ0v) is 9.81. The summed E-state index contributed by atoms with van der Waals surface area (Å²) >= 11 is 1.77. The van der Waals surface area contributed by atoms with Crippen LogP contribution in [0.25, 0.3) is 0 Å². The number of aromatic nitrogens is 1. The number of hydrogen-bond acceptors (Lipinski definition) is 3. The third-order valence-electron chi connectivity index (χ3n) is 3.15. The van der Waals surface area contributed by atoms with Gasteiger partial charge < -0.3 is 5.73 Å². The molecule has 0 bridgehead atoms. The highest BCUT2D eigenvalue weighted by Crippen LogP contribution is 2.36. The maximum absolute atomic E-state index is 7.43. The van der Waals surface area contributed by atoms with E-state index in [1.807, 2.05) is 6.92 Å². The van der Waals surface area contributed by atoms with E-state index < -0.39 is 0 Å². The molecular weight excluding hydrogens is 206 g/mol. The van der Waals surface area contributed by atoms with Gasteiger partial charge in [-0.1, -0.05) is 0 Å². The molecule has 15 heavy (non-hydrogen) atoms. The van der Waals surface area contributed by atoms with Crippen molar-refractivity contribution >= 4 is 17.2 Å². The standard InChI is InChI=1S/C11H17N3S/c1-7-6-15-11(14-7)9-4-2-8(3-5-9)10(12)13/h6,8-9H,2-5H2,1H3,(H3,12,13). The van der Waals surface area contributed by atoms with Crippen LogP contribution in [0.4, 0.5) is 0 Å². The number of hydrogen-bond donors (Lipinski definition) is 2. The first-order valence-corrected chi connectivity index (χ1v) is 6.30. The Morgan fingerprint density at radius 3 is 2.60 bits per heavy atom. The molecule has 1 aromatic rings. The van der Waals surface area contributed by atoms with E-state index in [-0.39, 0.29) is 0 Å². The molecule has 82 valence electrons. The van der Waals surface area contributed by atoms with Gasteiger partial charge in [-0.2, -0.15) is 0 Å². The van der Waals surface area contributed by atoms with Crippen molar-refractivity contribution in [2.75, 3.05) is 0 Å². The summed E-state index contributed by atoms with van der Waals surface area (Å²) in [6, 6.07) is 0. The van der Waals surface area contributed by atoms with Crippen LogP contribution in [0.15, 0.2) is 5.38 Å². The van der Waals surface area contributed by atoms with Gasteiger partial charge >= 0.3 is 0 Å². The molecule has 0 radical (unpaired) electrons. The quantitative estimate of drug-likeness (QED) is 0.598. The highest BCUT2D eigenvalue weighted by atomic mass is 32.1. The monoisotopic (exact) mass is 223 g/mol. The van der Waals surface area contributed by atoms with Gasteiger partial charge in [0.2, 0.25) is 0 Å². The predicted octanol–water partition coefficient (Wildman–Crippen LogP) is 2.66. The fraction of sp³-hybridized carbons (Fsp3) is 0.636. The minimum absolute atomic E-state index is 0.322. The Kier molecular flexibility index (Phi) is 3.05. The van der Waals surface area contributed by atoms with Crippen molar-refractivity contribution in [3.05, 3.63) is 16.1 Å². The number of thiazole rings is 1. The summed E-state index contributed by atoms with van der Waals surface area (Å²) in [4.78, 5) is 4.54. The SMILES string of the molecule is Cc1csc(C2CCC(C(=N)N)CC2)n1. The minimum atomic E-state index is 0.322. The molecule has 0 amide bonds. The van der Waals surface area contributed by atoms with Gasteiger partial charge in [0.15, 0.2) is 0 Å². The summed E-state index contributed by atoms with van der Waals surface area (Å²) in [5.41, 5.74) is 6.65. The average Bonchev–Trinajstić information content (AvgIpc) is 2.65. The van der Waals surface area contributed by atoms with Crippen LogP contribution >= 0.6 is 11.3 Å². The summed E-state index contributed by atoms with van der Waals surface area (Å²) in [5.74, 6) is 1.30. The molecule has 1 saturated carbocycles. The van der Waals surface area contributed by atoms with Crippen molar-refractivity contribution in [3.63, 3.8) is 0 Å². The van der Waals surface area contributed by atoms with Crippen molar-refractivity contribution < 1.29 is 0 Å². The van der Waals surface area contributed by atoms with E-state index in [0.29, 0.717) is 17.7 Å². The largest absolute Gasteiger partial charge is 0.387 e. The van der Waals surface area contributed by atoms with Crippen LogP contribution in [0.3, 0.4) is 0 Å². The molecule has 0 aromatic carbocycles. The summed E-state index contributed by atoms with van der Waals surface area (Å²) in [5, 5.41) is 10.8. The molecule has 1 aromatic heterocycles. The fourth-order valence-corrected chi connectivity index (χ4v) is 3.18. The van der Waals surface area contributed by atoms with Gasteiger partial charge in [-0.15, -0.1) is 11.3 Å². The maximum Gasteiger partial charge on any atom is 0.0959 e. The van der Waals surface area contributed by atoms with Crippen molar-refractivity contribution in [3.8, 4) is 0 Å². The van der Waals surface area contributed by atoms with Crippen LogP contribution in [0.2, 0.25) is 0 Å². The van der Waals surface area contributed by atoms with Gasteiger partial charge in [0, 0.05) is 22.9 Å². The second-order valence-corrected chi connectivity index (χ2v) is 5.22. The molecule has 0 unspecified atom stereocenters. The number of aryl methyl sites for hydroxylation is 1. The number of rotatable bonds is 2. The van der Waals surface area contributed by atoms with E-state index in [2.05, 4.69) is 10.4 Å². The summed E-state index contributed by atoms with van der Waals surface area (Å²) in [6.45, 7) is 2.04. The van der Waals surface area contributed by atoms with E-state index in [1.165, 1.54) is 5.01 Å². The number of nitrogens with two attached hydrogens (primary N) is 1. The number of nitrogens with one attached hydrogen (secondary N) is 1. The van der Waals surface area contributed by atoms with Crippen molar-refractivity contribution in [1.82, 2.24) is 4.98 Å². The van der Waals surface area contributed by atoms with Crippen molar-refractivity contribution in [2.45, 2.75) is 38.5 Å². The van der Waals surface area contributed by atoms with Gasteiger partial charge in [-0.05, 0) is 32.6 Å². The fourth-order valence-electron chi connectivity index (χ4n) is 2.21. The molecule has 0 atom stereocenters. The first kappa shape index (κ1) is 10.6. The molecule has 3 N–H and O–H groups in total. The van der Waals surface area contributed by atoms with Gasteiger partial charge in [0.1, 0.15) is 0 Å². The maximum atomic E-state index is 7.43. The third-order valence-corrected chi connectivity index (χ3v) is 4.28. The lowest BCUT2D eigenvalue weighted by molar-refractivity contribution is 0.388. The average molecular weight is 223 g/mol. The van der Waals surface area contributed by atoms with Crippen LogP contribution in [-0.2, 0) is 0 Å².